The van der Waals surface area contributed by atoms with Crippen LogP contribution in [0.15, 0.2) is 11.4 Å². The largest absolute Gasteiger partial charge is 0.375 e. The molecule has 18 heavy (non-hydrogen) atoms. The average Bonchev–Trinajstić information content (AvgIpc) is 3.07. The summed E-state index contributed by atoms with van der Waals surface area (Å²) < 4.78 is 6.01. The molecule has 0 aromatic carbocycles. The second-order valence-electron chi connectivity index (χ2n) is 5.34. The zero-order chi connectivity index (χ0) is 12.5. The zero-order valence-corrected chi connectivity index (χ0v) is 12.3. The second kappa shape index (κ2) is 5.49. The van der Waals surface area contributed by atoms with Crippen LogP contribution < -0.4 is 5.32 Å². The molecular formula is C14H20ClNOS. The first-order valence-corrected chi connectivity index (χ1v) is 8.17. The Hall–Kier alpha value is -0.0900. The molecule has 0 radical (unpaired) electrons. The van der Waals surface area contributed by atoms with Crippen LogP contribution in [0.4, 0.5) is 0 Å². The van der Waals surface area contributed by atoms with E-state index in [0.29, 0.717) is 24.2 Å². The summed E-state index contributed by atoms with van der Waals surface area (Å²) in [4.78, 5) is 1.30. The second-order valence-corrected chi connectivity index (χ2v) is 6.69. The van der Waals surface area contributed by atoms with Crippen molar-refractivity contribution in [3.05, 3.63) is 21.3 Å². The lowest BCUT2D eigenvalue weighted by atomic mass is 9.83. The molecule has 0 aliphatic carbocycles. The Bertz CT molecular complexity index is 408. The summed E-state index contributed by atoms with van der Waals surface area (Å²) >= 11 is 8.10. The highest BCUT2D eigenvalue weighted by Crippen LogP contribution is 2.46. The minimum Gasteiger partial charge on any atom is -0.375 e. The van der Waals surface area contributed by atoms with E-state index in [1.54, 1.807) is 11.3 Å². The molecule has 2 bridgehead atoms. The maximum absolute atomic E-state index is 6.32. The van der Waals surface area contributed by atoms with Crippen molar-refractivity contribution in [3.8, 4) is 0 Å². The van der Waals surface area contributed by atoms with Gasteiger partial charge in [-0.15, -0.1) is 11.3 Å². The van der Waals surface area contributed by atoms with Crippen LogP contribution in [0.5, 0.6) is 0 Å². The van der Waals surface area contributed by atoms with Gasteiger partial charge in [0.05, 0.1) is 17.2 Å². The summed E-state index contributed by atoms with van der Waals surface area (Å²) in [6.07, 6.45) is 5.77. The van der Waals surface area contributed by atoms with Crippen LogP contribution in [-0.4, -0.2) is 18.8 Å². The predicted molar refractivity (Wildman–Crippen MR) is 76.4 cm³/mol. The van der Waals surface area contributed by atoms with Crippen molar-refractivity contribution in [2.75, 3.05) is 6.54 Å². The lowest BCUT2D eigenvalue weighted by molar-refractivity contribution is 0.0859. The van der Waals surface area contributed by atoms with E-state index >= 15 is 0 Å². The maximum atomic E-state index is 6.32. The molecule has 1 N–H and O–H groups in total. The van der Waals surface area contributed by atoms with E-state index in [9.17, 15) is 0 Å². The minimum atomic E-state index is 0.382. The first-order valence-electron chi connectivity index (χ1n) is 6.91. The van der Waals surface area contributed by atoms with Crippen LogP contribution in [0, 0.1) is 5.92 Å². The summed E-state index contributed by atoms with van der Waals surface area (Å²) in [6.45, 7) is 3.25. The molecule has 2 aliphatic heterocycles. The summed E-state index contributed by atoms with van der Waals surface area (Å²) in [5, 5.41) is 6.69. The molecule has 4 heteroatoms. The van der Waals surface area contributed by atoms with Gasteiger partial charge in [0.1, 0.15) is 0 Å². The van der Waals surface area contributed by atoms with Crippen molar-refractivity contribution in [2.24, 2.45) is 5.92 Å². The molecule has 4 atom stereocenters. The van der Waals surface area contributed by atoms with Crippen molar-refractivity contribution in [1.82, 2.24) is 5.32 Å². The number of thiophene rings is 1. The Balaban J connectivity index is 1.79. The lowest BCUT2D eigenvalue weighted by Gasteiger charge is -2.29. The van der Waals surface area contributed by atoms with E-state index in [0.717, 1.165) is 18.0 Å². The van der Waals surface area contributed by atoms with Crippen LogP contribution >= 0.6 is 22.9 Å². The number of rotatable bonds is 5. The summed E-state index contributed by atoms with van der Waals surface area (Å²) in [7, 11) is 0. The zero-order valence-electron chi connectivity index (χ0n) is 10.7. The van der Waals surface area contributed by atoms with Crippen molar-refractivity contribution in [3.63, 3.8) is 0 Å². The van der Waals surface area contributed by atoms with Gasteiger partial charge >= 0.3 is 0 Å². The fourth-order valence-corrected chi connectivity index (χ4v) is 4.62. The Kier molecular flexibility index (Phi) is 3.94. The van der Waals surface area contributed by atoms with Gasteiger partial charge in [-0.3, -0.25) is 0 Å². The summed E-state index contributed by atoms with van der Waals surface area (Å²) in [5.41, 5.74) is 0. The third kappa shape index (κ3) is 2.34. The van der Waals surface area contributed by atoms with E-state index in [1.807, 2.05) is 6.07 Å². The third-order valence-corrected chi connectivity index (χ3v) is 5.56. The van der Waals surface area contributed by atoms with E-state index in [1.165, 1.54) is 24.1 Å². The molecule has 4 unspecified atom stereocenters. The van der Waals surface area contributed by atoms with Crippen molar-refractivity contribution < 1.29 is 4.74 Å². The Morgan fingerprint density at radius 3 is 3.00 bits per heavy atom. The number of hydrogen-bond donors (Lipinski definition) is 1. The van der Waals surface area contributed by atoms with Crippen LogP contribution in [0.25, 0.3) is 0 Å². The van der Waals surface area contributed by atoms with Gasteiger partial charge in [-0.25, -0.2) is 0 Å². The van der Waals surface area contributed by atoms with E-state index in [4.69, 9.17) is 16.3 Å². The molecule has 0 saturated carbocycles. The Morgan fingerprint density at radius 1 is 1.56 bits per heavy atom. The topological polar surface area (TPSA) is 21.3 Å². The minimum absolute atomic E-state index is 0.382. The normalized spacial score (nSPS) is 32.0. The van der Waals surface area contributed by atoms with Crippen molar-refractivity contribution in [2.45, 2.75) is 50.9 Å². The number of nitrogens with one attached hydrogen (secondary N) is 1. The molecule has 3 heterocycles. The van der Waals surface area contributed by atoms with E-state index in [-0.39, 0.29) is 0 Å². The number of fused-ring (bicyclic) bond motifs is 2. The fourth-order valence-electron chi connectivity index (χ4n) is 3.29. The first-order chi connectivity index (χ1) is 8.79. The molecule has 2 fully saturated rings. The molecule has 100 valence electrons. The molecule has 0 spiro atoms. The van der Waals surface area contributed by atoms with Crippen LogP contribution in [0.2, 0.25) is 5.02 Å². The highest BCUT2D eigenvalue weighted by atomic mass is 35.5. The highest BCUT2D eigenvalue weighted by molar-refractivity contribution is 7.10. The molecule has 0 amide bonds. The molecule has 2 nitrogen and oxygen atoms in total. The summed E-state index contributed by atoms with van der Waals surface area (Å²) in [5.74, 6) is 0.603. The molecular weight excluding hydrogens is 266 g/mol. The van der Waals surface area contributed by atoms with Gasteiger partial charge in [-0.1, -0.05) is 18.5 Å². The molecule has 2 aliphatic rings. The Labute approximate surface area is 118 Å². The van der Waals surface area contributed by atoms with E-state index < -0.39 is 0 Å². The number of hydrogen-bond acceptors (Lipinski definition) is 3. The fraction of sp³-hybridized carbons (Fsp3) is 0.714. The van der Waals surface area contributed by atoms with Gasteiger partial charge in [0.2, 0.25) is 0 Å². The van der Waals surface area contributed by atoms with Gasteiger partial charge in [0.15, 0.2) is 0 Å². The molecule has 1 aromatic rings. The monoisotopic (exact) mass is 285 g/mol. The van der Waals surface area contributed by atoms with Crippen LogP contribution in [-0.2, 0) is 4.74 Å². The van der Waals surface area contributed by atoms with Crippen LogP contribution in [0.3, 0.4) is 0 Å². The predicted octanol–water partition coefficient (Wildman–Crippen LogP) is 4.01. The summed E-state index contributed by atoms with van der Waals surface area (Å²) in [6, 6.07) is 2.39. The van der Waals surface area contributed by atoms with Crippen molar-refractivity contribution >= 4 is 22.9 Å². The van der Waals surface area contributed by atoms with Gasteiger partial charge in [0.25, 0.3) is 0 Å². The smallest absolute Gasteiger partial charge is 0.0627 e. The maximum Gasteiger partial charge on any atom is 0.0627 e. The first kappa shape index (κ1) is 12.9. The lowest BCUT2D eigenvalue weighted by Crippen LogP contribution is -2.33. The number of halogens is 1. The van der Waals surface area contributed by atoms with Gasteiger partial charge in [-0.2, -0.15) is 0 Å². The SMILES string of the molecule is CCCNC(c1sccc1Cl)C1CC2CCC1O2. The molecule has 1 aromatic heterocycles. The van der Waals surface area contributed by atoms with Gasteiger partial charge < -0.3 is 10.1 Å². The number of ether oxygens (including phenoxy) is 1. The standard InChI is InChI=1S/C14H20ClNOS/c1-2-6-16-13(14-11(15)5-7-18-14)10-8-9-3-4-12(10)17-9/h5,7,9-10,12-13,16H,2-4,6,8H2,1H3. The quantitative estimate of drug-likeness (QED) is 0.883. The van der Waals surface area contributed by atoms with Gasteiger partial charge in [-0.05, 0) is 43.7 Å². The van der Waals surface area contributed by atoms with Crippen molar-refractivity contribution in [1.29, 1.82) is 0 Å². The molecule has 2 saturated heterocycles. The molecule has 3 rings (SSSR count). The van der Waals surface area contributed by atoms with Gasteiger partial charge in [0, 0.05) is 16.8 Å². The Morgan fingerprint density at radius 2 is 2.44 bits per heavy atom. The van der Waals surface area contributed by atoms with E-state index in [2.05, 4.69) is 17.6 Å². The third-order valence-electron chi connectivity index (χ3n) is 4.12. The van der Waals surface area contributed by atoms with Crippen LogP contribution in [0.1, 0.15) is 43.5 Å². The average molecular weight is 286 g/mol. The highest BCUT2D eigenvalue weighted by Gasteiger charge is 2.45.